The lowest BCUT2D eigenvalue weighted by Crippen LogP contribution is -2.43. The van der Waals surface area contributed by atoms with Gasteiger partial charge in [0, 0.05) is 18.2 Å². The maximum Gasteiger partial charge on any atom is 0.231 e. The van der Waals surface area contributed by atoms with Gasteiger partial charge < -0.3 is 9.88 Å². The second-order valence-electron chi connectivity index (χ2n) is 6.29. The minimum absolute atomic E-state index is 0.199. The lowest BCUT2D eigenvalue weighted by molar-refractivity contribution is -0.127. The summed E-state index contributed by atoms with van der Waals surface area (Å²) >= 11 is 5.13. The zero-order valence-electron chi connectivity index (χ0n) is 13.9. The summed E-state index contributed by atoms with van der Waals surface area (Å²) in [5.41, 5.74) is -0.694. The van der Waals surface area contributed by atoms with Crippen molar-refractivity contribution in [3.8, 4) is 0 Å². The smallest absolute Gasteiger partial charge is 0.231 e. The van der Waals surface area contributed by atoms with Crippen LogP contribution in [0.4, 0.5) is 8.78 Å². The second-order valence-corrected chi connectivity index (χ2v) is 6.67. The molecule has 134 valence electrons. The van der Waals surface area contributed by atoms with E-state index in [0.29, 0.717) is 30.0 Å². The average molecular weight is 366 g/mol. The minimum Gasteiger partial charge on any atom is -0.348 e. The van der Waals surface area contributed by atoms with E-state index in [2.05, 4.69) is 15.5 Å². The number of nitrogens with one attached hydrogen (secondary N) is 2. The fourth-order valence-electron chi connectivity index (χ4n) is 3.61. The van der Waals surface area contributed by atoms with E-state index in [1.54, 1.807) is 4.57 Å². The number of aromatic amines is 1. The Labute approximate surface area is 149 Å². The van der Waals surface area contributed by atoms with Gasteiger partial charge in [-0.3, -0.25) is 9.89 Å². The lowest BCUT2D eigenvalue weighted by atomic mass is 9.77. The topological polar surface area (TPSA) is 62.7 Å². The molecule has 1 saturated carbocycles. The molecule has 1 aliphatic carbocycles. The summed E-state index contributed by atoms with van der Waals surface area (Å²) in [6.45, 7) is 2.77. The van der Waals surface area contributed by atoms with Gasteiger partial charge in [-0.2, -0.15) is 5.10 Å². The van der Waals surface area contributed by atoms with E-state index in [4.69, 9.17) is 12.2 Å². The van der Waals surface area contributed by atoms with Gasteiger partial charge in [-0.05, 0) is 38.0 Å². The van der Waals surface area contributed by atoms with Crippen LogP contribution in [0.2, 0.25) is 0 Å². The summed E-state index contributed by atoms with van der Waals surface area (Å²) in [6, 6.07) is 3.43. The molecule has 8 heteroatoms. The summed E-state index contributed by atoms with van der Waals surface area (Å²) in [4.78, 5) is 12.9. The normalized spacial score (nSPS) is 16.1. The Kier molecular flexibility index (Phi) is 4.99. The highest BCUT2D eigenvalue weighted by molar-refractivity contribution is 7.71. The molecule has 1 aromatic carbocycles. The Morgan fingerprint density at radius 3 is 2.76 bits per heavy atom. The van der Waals surface area contributed by atoms with Crippen molar-refractivity contribution in [2.45, 2.75) is 51.1 Å². The molecule has 25 heavy (non-hydrogen) atoms. The first kappa shape index (κ1) is 17.7. The number of H-pyrrole nitrogens is 1. The van der Waals surface area contributed by atoms with Crippen LogP contribution < -0.4 is 5.32 Å². The summed E-state index contributed by atoms with van der Waals surface area (Å²) < 4.78 is 29.9. The number of benzene rings is 1. The fourth-order valence-corrected chi connectivity index (χ4v) is 3.89. The molecule has 5 nitrogen and oxygen atoms in total. The van der Waals surface area contributed by atoms with E-state index in [1.165, 1.54) is 12.1 Å². The predicted molar refractivity (Wildman–Crippen MR) is 91.4 cm³/mol. The number of hydrogen-bond donors (Lipinski definition) is 2. The van der Waals surface area contributed by atoms with Crippen LogP contribution in [0.15, 0.2) is 18.2 Å². The molecule has 0 radical (unpaired) electrons. The monoisotopic (exact) mass is 366 g/mol. The first-order valence-electron chi connectivity index (χ1n) is 8.36. The molecule has 0 aliphatic heterocycles. The number of halogens is 2. The number of rotatable bonds is 5. The second kappa shape index (κ2) is 7.03. The quantitative estimate of drug-likeness (QED) is 0.798. The van der Waals surface area contributed by atoms with Gasteiger partial charge in [-0.15, -0.1) is 0 Å². The van der Waals surface area contributed by atoms with Crippen molar-refractivity contribution in [3.05, 3.63) is 46.0 Å². The van der Waals surface area contributed by atoms with Gasteiger partial charge >= 0.3 is 0 Å². The number of aromatic nitrogens is 3. The Bertz CT molecular complexity index is 839. The van der Waals surface area contributed by atoms with E-state index in [-0.39, 0.29) is 18.0 Å². The van der Waals surface area contributed by atoms with Gasteiger partial charge in [-0.1, -0.05) is 18.9 Å². The number of nitrogens with zero attached hydrogens (tertiary/aromatic N) is 2. The largest absolute Gasteiger partial charge is 0.348 e. The predicted octanol–water partition coefficient (Wildman–Crippen LogP) is 3.37. The van der Waals surface area contributed by atoms with Crippen LogP contribution in [0, 0.1) is 16.4 Å². The Morgan fingerprint density at radius 1 is 1.40 bits per heavy atom. The van der Waals surface area contributed by atoms with Gasteiger partial charge in [0.15, 0.2) is 10.6 Å². The highest BCUT2D eigenvalue weighted by Crippen LogP contribution is 2.42. The molecular formula is C17H20F2N4OS. The third-order valence-corrected chi connectivity index (χ3v) is 5.21. The van der Waals surface area contributed by atoms with Gasteiger partial charge in [-0.25, -0.2) is 8.78 Å². The molecule has 3 rings (SSSR count). The van der Waals surface area contributed by atoms with Crippen LogP contribution in [-0.2, 0) is 23.3 Å². The molecule has 1 amide bonds. The minimum atomic E-state index is -0.956. The first-order valence-corrected chi connectivity index (χ1v) is 8.76. The third-order valence-electron chi connectivity index (χ3n) is 4.90. The van der Waals surface area contributed by atoms with Crippen LogP contribution in [0.25, 0.3) is 0 Å². The maximum absolute atomic E-state index is 14.3. The van der Waals surface area contributed by atoms with E-state index in [9.17, 15) is 13.6 Å². The zero-order chi connectivity index (χ0) is 18.0. The van der Waals surface area contributed by atoms with E-state index in [0.717, 1.165) is 18.9 Å². The summed E-state index contributed by atoms with van der Waals surface area (Å²) in [5.74, 6) is -0.956. The fraction of sp³-hybridized carbons (Fsp3) is 0.471. The van der Waals surface area contributed by atoms with Crippen LogP contribution in [-0.4, -0.2) is 20.7 Å². The number of hydrogen-bond acceptors (Lipinski definition) is 3. The van der Waals surface area contributed by atoms with Crippen molar-refractivity contribution in [1.29, 1.82) is 0 Å². The molecule has 1 aliphatic rings. The van der Waals surface area contributed by atoms with Crippen molar-refractivity contribution >= 4 is 18.1 Å². The summed E-state index contributed by atoms with van der Waals surface area (Å²) in [5, 5.41) is 9.68. The average Bonchev–Trinajstić information content (AvgIpc) is 3.20. The molecular weight excluding hydrogens is 346 g/mol. The van der Waals surface area contributed by atoms with Crippen LogP contribution in [0.1, 0.15) is 44.0 Å². The Hall–Kier alpha value is -2.09. The zero-order valence-corrected chi connectivity index (χ0v) is 14.8. The van der Waals surface area contributed by atoms with Crippen LogP contribution >= 0.6 is 12.2 Å². The van der Waals surface area contributed by atoms with Crippen LogP contribution in [0.5, 0.6) is 0 Å². The molecule has 1 fully saturated rings. The molecule has 1 aromatic heterocycles. The number of carbonyl (C=O) groups excluding carboxylic acids is 1. The molecule has 0 spiro atoms. The van der Waals surface area contributed by atoms with Crippen molar-refractivity contribution < 1.29 is 13.6 Å². The lowest BCUT2D eigenvalue weighted by Gasteiger charge is -2.28. The summed E-state index contributed by atoms with van der Waals surface area (Å²) in [7, 11) is 0. The Balaban J connectivity index is 1.85. The molecule has 0 bridgehead atoms. The van der Waals surface area contributed by atoms with E-state index >= 15 is 0 Å². The Morgan fingerprint density at radius 2 is 2.12 bits per heavy atom. The first-order chi connectivity index (χ1) is 12.0. The van der Waals surface area contributed by atoms with Gasteiger partial charge in [0.2, 0.25) is 5.91 Å². The molecule has 0 atom stereocenters. The van der Waals surface area contributed by atoms with Crippen molar-refractivity contribution in [3.63, 3.8) is 0 Å². The number of amides is 1. The standard InChI is InChI=1S/C17H20F2N4OS/c1-2-23-14(21-22-16(23)25)10-20-15(24)17(7-3-4-8-17)12-6-5-11(18)9-13(12)19/h5-6,9H,2-4,7-8,10H2,1H3,(H,20,24)(H,22,25). The highest BCUT2D eigenvalue weighted by atomic mass is 32.1. The van der Waals surface area contributed by atoms with Gasteiger partial charge in [0.25, 0.3) is 0 Å². The number of carbonyl (C=O) groups is 1. The van der Waals surface area contributed by atoms with Crippen molar-refractivity contribution in [1.82, 2.24) is 20.1 Å². The SMILES string of the molecule is CCn1c(CNC(=O)C2(c3ccc(F)cc3F)CCCC2)n[nH]c1=S. The molecule has 0 saturated heterocycles. The molecule has 1 heterocycles. The van der Waals surface area contributed by atoms with Crippen LogP contribution in [0.3, 0.4) is 0 Å². The third kappa shape index (κ3) is 3.22. The molecule has 2 N–H and O–H groups in total. The van der Waals surface area contributed by atoms with Gasteiger partial charge in [0.1, 0.15) is 11.6 Å². The maximum atomic E-state index is 14.3. The van der Waals surface area contributed by atoms with Gasteiger partial charge in [0.05, 0.1) is 12.0 Å². The summed E-state index contributed by atoms with van der Waals surface area (Å²) in [6.07, 6.45) is 2.75. The molecule has 2 aromatic rings. The molecule has 0 unspecified atom stereocenters. The van der Waals surface area contributed by atoms with E-state index in [1.807, 2.05) is 6.92 Å². The van der Waals surface area contributed by atoms with E-state index < -0.39 is 17.0 Å². The highest BCUT2D eigenvalue weighted by Gasteiger charge is 2.44. The van der Waals surface area contributed by atoms with Crippen molar-refractivity contribution in [2.24, 2.45) is 0 Å². The van der Waals surface area contributed by atoms with Crippen molar-refractivity contribution in [2.75, 3.05) is 0 Å².